The molecule has 0 heterocycles. The maximum atomic E-state index is 3.77. The van der Waals surface area contributed by atoms with Crippen molar-refractivity contribution in [2.45, 2.75) is 0 Å². The summed E-state index contributed by atoms with van der Waals surface area (Å²) in [6, 6.07) is 21.3. The molecule has 0 unspecified atom stereocenters. The van der Waals surface area contributed by atoms with E-state index in [0.29, 0.717) is 0 Å². The first-order valence-corrected chi connectivity index (χ1v) is 10.5. The van der Waals surface area contributed by atoms with Crippen LogP contribution in [0.1, 0.15) is 0 Å². The fourth-order valence-electron chi connectivity index (χ4n) is 3.06. The minimum Gasteiger partial charge on any atom is -0.0622 e. The van der Waals surface area contributed by atoms with Gasteiger partial charge in [0.25, 0.3) is 0 Å². The predicted molar refractivity (Wildman–Crippen MR) is 118 cm³/mol. The zero-order valence-electron chi connectivity index (χ0n) is 12.3. The molecule has 0 aromatic heterocycles. The molecule has 0 fully saturated rings. The van der Waals surface area contributed by atoms with E-state index in [2.05, 4.69) is 118 Å². The molecule has 0 radical (unpaired) electrons. The van der Waals surface area contributed by atoms with Crippen LogP contribution >= 0.6 is 63.7 Å². The maximum Gasteiger partial charge on any atom is 0.0477 e. The van der Waals surface area contributed by atoms with Crippen molar-refractivity contribution in [2.24, 2.45) is 0 Å². The monoisotopic (exact) mass is 566 g/mol. The molecule has 0 aliphatic carbocycles. The molecule has 0 saturated carbocycles. The van der Waals surface area contributed by atoms with E-state index in [4.69, 9.17) is 0 Å². The van der Waals surface area contributed by atoms with Gasteiger partial charge in [0.2, 0.25) is 0 Å². The molecule has 0 nitrogen and oxygen atoms in total. The summed E-state index contributed by atoms with van der Waals surface area (Å²) in [5.74, 6) is 0. The highest BCUT2D eigenvalue weighted by molar-refractivity contribution is 9.15. The normalized spacial score (nSPS) is 11.3. The molecule has 0 aliphatic heterocycles. The SMILES string of the molecule is Brc1c(Br)c(Br)c2c(cc(-c3ccccc3)c3ccccc32)c1Br. The Labute approximate surface area is 173 Å². The lowest BCUT2D eigenvalue weighted by atomic mass is 9.93. The molecule has 118 valence electrons. The summed E-state index contributed by atoms with van der Waals surface area (Å²) < 4.78 is 4.13. The highest BCUT2D eigenvalue weighted by Crippen LogP contribution is 2.47. The topological polar surface area (TPSA) is 0 Å². The van der Waals surface area contributed by atoms with E-state index in [-0.39, 0.29) is 0 Å². The van der Waals surface area contributed by atoms with Crippen LogP contribution in [-0.2, 0) is 0 Å². The van der Waals surface area contributed by atoms with Crippen LogP contribution in [0.3, 0.4) is 0 Å². The van der Waals surface area contributed by atoms with Crippen molar-refractivity contribution in [1.29, 1.82) is 0 Å². The highest BCUT2D eigenvalue weighted by atomic mass is 79.9. The first-order valence-electron chi connectivity index (χ1n) is 7.32. The molecule has 24 heavy (non-hydrogen) atoms. The van der Waals surface area contributed by atoms with Gasteiger partial charge in [-0.1, -0.05) is 54.6 Å². The van der Waals surface area contributed by atoms with E-state index in [1.54, 1.807) is 0 Å². The zero-order chi connectivity index (χ0) is 16.8. The van der Waals surface area contributed by atoms with Gasteiger partial charge in [0.15, 0.2) is 0 Å². The average Bonchev–Trinajstić information content (AvgIpc) is 2.64. The molecule has 0 atom stereocenters. The number of hydrogen-bond donors (Lipinski definition) is 0. The minimum absolute atomic E-state index is 1.01. The Kier molecular flexibility index (Phi) is 4.59. The molecule has 4 aromatic rings. The minimum atomic E-state index is 1.01. The first-order chi connectivity index (χ1) is 11.6. The van der Waals surface area contributed by atoms with E-state index >= 15 is 0 Å². The van der Waals surface area contributed by atoms with Crippen molar-refractivity contribution < 1.29 is 0 Å². The van der Waals surface area contributed by atoms with Gasteiger partial charge >= 0.3 is 0 Å². The quantitative estimate of drug-likeness (QED) is 0.122. The first kappa shape index (κ1) is 16.8. The van der Waals surface area contributed by atoms with Crippen LogP contribution in [0.5, 0.6) is 0 Å². The van der Waals surface area contributed by atoms with E-state index in [1.807, 2.05) is 6.07 Å². The molecule has 0 amide bonds. The Hall–Kier alpha value is -0.680. The van der Waals surface area contributed by atoms with E-state index in [9.17, 15) is 0 Å². The van der Waals surface area contributed by atoms with Crippen molar-refractivity contribution in [2.75, 3.05) is 0 Å². The number of fused-ring (bicyclic) bond motifs is 3. The van der Waals surface area contributed by atoms with Gasteiger partial charge in [-0.2, -0.15) is 0 Å². The maximum absolute atomic E-state index is 3.77. The third-order valence-electron chi connectivity index (χ3n) is 4.16. The molecule has 0 bridgehead atoms. The Balaban J connectivity index is 2.27. The zero-order valence-corrected chi connectivity index (χ0v) is 18.6. The third-order valence-corrected chi connectivity index (χ3v) is 8.96. The van der Waals surface area contributed by atoms with Crippen LogP contribution < -0.4 is 0 Å². The molecule has 0 aliphatic rings. The molecule has 4 rings (SSSR count). The van der Waals surface area contributed by atoms with Crippen molar-refractivity contribution in [3.63, 3.8) is 0 Å². The smallest absolute Gasteiger partial charge is 0.0477 e. The number of benzene rings is 4. The van der Waals surface area contributed by atoms with Crippen LogP contribution in [0.15, 0.2) is 78.6 Å². The standard InChI is InChI=1S/C20H10Br4/c21-17-15-10-14(11-6-2-1-3-7-11)12-8-4-5-9-13(12)16(15)18(22)20(24)19(17)23/h1-10H. The summed E-state index contributed by atoms with van der Waals surface area (Å²) in [7, 11) is 0. The van der Waals surface area contributed by atoms with Gasteiger partial charge < -0.3 is 0 Å². The summed E-state index contributed by atoms with van der Waals surface area (Å²) in [4.78, 5) is 0. The molecular formula is C20H10Br4. The van der Waals surface area contributed by atoms with E-state index < -0.39 is 0 Å². The Morgan fingerprint density at radius 3 is 1.79 bits per heavy atom. The van der Waals surface area contributed by atoms with Crippen LogP contribution in [0.4, 0.5) is 0 Å². The number of hydrogen-bond acceptors (Lipinski definition) is 0. The largest absolute Gasteiger partial charge is 0.0622 e. The van der Waals surface area contributed by atoms with Crippen molar-refractivity contribution >= 4 is 85.3 Å². The highest BCUT2D eigenvalue weighted by Gasteiger charge is 2.17. The summed E-state index contributed by atoms with van der Waals surface area (Å²) in [5.41, 5.74) is 2.46. The summed E-state index contributed by atoms with van der Waals surface area (Å²) in [6.07, 6.45) is 0. The fraction of sp³-hybridized carbons (Fsp3) is 0. The van der Waals surface area contributed by atoms with Crippen LogP contribution in [0, 0.1) is 0 Å². The van der Waals surface area contributed by atoms with Crippen molar-refractivity contribution in [3.8, 4) is 11.1 Å². The van der Waals surface area contributed by atoms with Crippen LogP contribution in [0.25, 0.3) is 32.7 Å². The number of rotatable bonds is 1. The van der Waals surface area contributed by atoms with Crippen molar-refractivity contribution in [1.82, 2.24) is 0 Å². The Morgan fingerprint density at radius 1 is 0.500 bits per heavy atom. The summed E-state index contributed by atoms with van der Waals surface area (Å²) >= 11 is 14.9. The second-order valence-corrected chi connectivity index (χ2v) is 8.69. The summed E-state index contributed by atoms with van der Waals surface area (Å²) in [5, 5.41) is 4.86. The van der Waals surface area contributed by atoms with E-state index in [0.717, 1.165) is 17.9 Å². The van der Waals surface area contributed by atoms with Gasteiger partial charge in [-0.15, -0.1) is 0 Å². The Bertz CT molecular complexity index is 1090. The molecule has 4 aromatic carbocycles. The third kappa shape index (κ3) is 2.59. The average molecular weight is 570 g/mol. The lowest BCUT2D eigenvalue weighted by Crippen LogP contribution is -1.88. The van der Waals surface area contributed by atoms with Gasteiger partial charge in [0.1, 0.15) is 0 Å². The van der Waals surface area contributed by atoms with Crippen LogP contribution in [0.2, 0.25) is 0 Å². The lowest BCUT2D eigenvalue weighted by Gasteiger charge is -2.15. The van der Waals surface area contributed by atoms with Gasteiger partial charge in [0.05, 0.1) is 0 Å². The van der Waals surface area contributed by atoms with Gasteiger partial charge in [-0.05, 0) is 97.1 Å². The molecule has 0 spiro atoms. The molecular weight excluding hydrogens is 560 g/mol. The molecule has 0 N–H and O–H groups in total. The molecule has 0 saturated heterocycles. The van der Waals surface area contributed by atoms with Gasteiger partial charge in [-0.25, -0.2) is 0 Å². The molecule has 4 heteroatoms. The van der Waals surface area contributed by atoms with Gasteiger partial charge in [-0.3, -0.25) is 0 Å². The second-order valence-electron chi connectivity index (χ2n) is 5.51. The van der Waals surface area contributed by atoms with Crippen LogP contribution in [-0.4, -0.2) is 0 Å². The van der Waals surface area contributed by atoms with Gasteiger partial charge in [0, 0.05) is 23.3 Å². The fourth-order valence-corrected chi connectivity index (χ4v) is 5.54. The lowest BCUT2D eigenvalue weighted by molar-refractivity contribution is 1.57. The number of halogens is 4. The second kappa shape index (κ2) is 6.56. The summed E-state index contributed by atoms with van der Waals surface area (Å²) in [6.45, 7) is 0. The Morgan fingerprint density at radius 2 is 1.08 bits per heavy atom. The van der Waals surface area contributed by atoms with Crippen molar-refractivity contribution in [3.05, 3.63) is 78.6 Å². The predicted octanol–water partition coefficient (Wildman–Crippen LogP) is 8.71. The van der Waals surface area contributed by atoms with E-state index in [1.165, 1.54) is 32.7 Å².